The molecule has 2 nitrogen and oxygen atoms in total. The van der Waals surface area contributed by atoms with Gasteiger partial charge in [0.1, 0.15) is 0 Å². The zero-order valence-corrected chi connectivity index (χ0v) is 10.5. The Morgan fingerprint density at radius 3 is 2.13 bits per heavy atom. The topological polar surface area (TPSA) is 12.5 Å². The van der Waals surface area contributed by atoms with E-state index in [4.69, 9.17) is 4.74 Å². The third-order valence-corrected chi connectivity index (χ3v) is 3.50. The first-order valence-corrected chi connectivity index (χ1v) is 6.46. The summed E-state index contributed by atoms with van der Waals surface area (Å²) in [4.78, 5) is 2.67. The summed E-state index contributed by atoms with van der Waals surface area (Å²) in [5, 5.41) is 0. The van der Waals surface area contributed by atoms with E-state index in [0.29, 0.717) is 6.10 Å². The molecule has 0 unspecified atom stereocenters. The summed E-state index contributed by atoms with van der Waals surface area (Å²) in [7, 11) is 0. The van der Waals surface area contributed by atoms with E-state index >= 15 is 0 Å². The van der Waals surface area contributed by atoms with Crippen molar-refractivity contribution in [3.05, 3.63) is 0 Å². The Morgan fingerprint density at radius 1 is 1.00 bits per heavy atom. The second-order valence-corrected chi connectivity index (χ2v) is 6.07. The Bertz CT molecular complexity index is 197. The lowest BCUT2D eigenvalue weighted by atomic mass is 9.86. The highest BCUT2D eigenvalue weighted by molar-refractivity contribution is 4.90. The zero-order valence-electron chi connectivity index (χ0n) is 10.5. The Balaban J connectivity index is 1.68. The number of ether oxygens (including phenoxy) is 1. The van der Waals surface area contributed by atoms with E-state index in [1.807, 2.05) is 0 Å². The minimum Gasteiger partial charge on any atom is -0.373 e. The number of likely N-dealkylation sites (tertiary alicyclic amines) is 1. The minimum atomic E-state index is 0.0392. The van der Waals surface area contributed by atoms with Crippen LogP contribution in [0.1, 0.15) is 52.9 Å². The molecule has 1 aliphatic heterocycles. The van der Waals surface area contributed by atoms with E-state index in [-0.39, 0.29) is 5.60 Å². The van der Waals surface area contributed by atoms with Crippen LogP contribution < -0.4 is 0 Å². The normalized spacial score (nSPS) is 33.8. The van der Waals surface area contributed by atoms with Gasteiger partial charge in [-0.2, -0.15) is 0 Å². The van der Waals surface area contributed by atoms with Crippen LogP contribution in [0.3, 0.4) is 0 Å². The zero-order chi connectivity index (χ0) is 10.9. The molecule has 1 heterocycles. The summed E-state index contributed by atoms with van der Waals surface area (Å²) >= 11 is 0. The van der Waals surface area contributed by atoms with Crippen molar-refractivity contribution in [1.82, 2.24) is 4.90 Å². The quantitative estimate of drug-likeness (QED) is 0.696. The predicted molar refractivity (Wildman–Crippen MR) is 63.1 cm³/mol. The SMILES string of the molecule is CC(C)(C)O[C@H]1C[C@H](N2CCCCC2)C1. The number of rotatable bonds is 2. The van der Waals surface area contributed by atoms with E-state index in [2.05, 4.69) is 25.7 Å². The molecule has 0 N–H and O–H groups in total. The third-order valence-electron chi connectivity index (χ3n) is 3.50. The van der Waals surface area contributed by atoms with Crippen molar-refractivity contribution in [3.8, 4) is 0 Å². The smallest absolute Gasteiger partial charge is 0.0612 e. The van der Waals surface area contributed by atoms with Crippen LogP contribution in [0.15, 0.2) is 0 Å². The molecule has 0 bridgehead atoms. The molecule has 1 saturated carbocycles. The summed E-state index contributed by atoms with van der Waals surface area (Å²) in [6.07, 6.45) is 7.29. The van der Waals surface area contributed by atoms with Gasteiger partial charge in [0.2, 0.25) is 0 Å². The van der Waals surface area contributed by atoms with Gasteiger partial charge in [-0.05, 0) is 59.5 Å². The van der Waals surface area contributed by atoms with Crippen molar-refractivity contribution in [2.75, 3.05) is 13.1 Å². The Kier molecular flexibility index (Phi) is 3.36. The Morgan fingerprint density at radius 2 is 1.60 bits per heavy atom. The van der Waals surface area contributed by atoms with Crippen LogP contribution in [0.25, 0.3) is 0 Å². The van der Waals surface area contributed by atoms with Crippen molar-refractivity contribution in [2.24, 2.45) is 0 Å². The average molecular weight is 211 g/mol. The number of hydrogen-bond acceptors (Lipinski definition) is 2. The standard InChI is InChI=1S/C13H25NO/c1-13(2,3)15-12-9-11(10-12)14-7-5-4-6-8-14/h11-12H,4-10H2,1-3H3/t11-,12-. The van der Waals surface area contributed by atoms with Crippen LogP contribution in [0.5, 0.6) is 0 Å². The molecule has 1 aliphatic carbocycles. The molecule has 15 heavy (non-hydrogen) atoms. The first kappa shape index (κ1) is 11.4. The van der Waals surface area contributed by atoms with Crippen LogP contribution in [0.2, 0.25) is 0 Å². The molecule has 0 aromatic carbocycles. The molecule has 0 aromatic rings. The first-order valence-electron chi connectivity index (χ1n) is 6.46. The van der Waals surface area contributed by atoms with Crippen LogP contribution in [-0.2, 0) is 4.74 Å². The number of hydrogen-bond donors (Lipinski definition) is 0. The molecule has 0 aromatic heterocycles. The van der Waals surface area contributed by atoms with Gasteiger partial charge in [-0.25, -0.2) is 0 Å². The molecular formula is C13H25NO. The molecule has 2 aliphatic rings. The lowest BCUT2D eigenvalue weighted by Gasteiger charge is -2.46. The van der Waals surface area contributed by atoms with Gasteiger partial charge in [-0.3, -0.25) is 0 Å². The van der Waals surface area contributed by atoms with Crippen molar-refractivity contribution in [2.45, 2.75) is 70.6 Å². The molecule has 0 atom stereocenters. The van der Waals surface area contributed by atoms with E-state index in [1.54, 1.807) is 0 Å². The summed E-state index contributed by atoms with van der Waals surface area (Å²) in [5.74, 6) is 0. The van der Waals surface area contributed by atoms with Gasteiger partial charge in [0.15, 0.2) is 0 Å². The van der Waals surface area contributed by atoms with Crippen molar-refractivity contribution in [3.63, 3.8) is 0 Å². The fraction of sp³-hybridized carbons (Fsp3) is 1.00. The third kappa shape index (κ3) is 3.18. The molecule has 0 radical (unpaired) electrons. The van der Waals surface area contributed by atoms with Crippen LogP contribution in [-0.4, -0.2) is 35.7 Å². The van der Waals surface area contributed by atoms with E-state index in [1.165, 1.54) is 45.2 Å². The lowest BCUT2D eigenvalue weighted by molar-refractivity contribution is -0.121. The van der Waals surface area contributed by atoms with Gasteiger partial charge in [-0.1, -0.05) is 6.42 Å². The molecule has 2 rings (SSSR count). The molecular weight excluding hydrogens is 186 g/mol. The van der Waals surface area contributed by atoms with Crippen molar-refractivity contribution < 1.29 is 4.74 Å². The molecule has 2 fully saturated rings. The second-order valence-electron chi connectivity index (χ2n) is 6.07. The number of piperidine rings is 1. The van der Waals surface area contributed by atoms with E-state index in [9.17, 15) is 0 Å². The van der Waals surface area contributed by atoms with Gasteiger partial charge < -0.3 is 9.64 Å². The molecule has 88 valence electrons. The lowest BCUT2D eigenvalue weighted by Crippen LogP contribution is -2.51. The molecule has 0 amide bonds. The van der Waals surface area contributed by atoms with Crippen LogP contribution in [0, 0.1) is 0 Å². The largest absolute Gasteiger partial charge is 0.373 e. The second kappa shape index (κ2) is 4.42. The highest BCUT2D eigenvalue weighted by Gasteiger charge is 2.36. The van der Waals surface area contributed by atoms with Gasteiger partial charge in [0.25, 0.3) is 0 Å². The average Bonchev–Trinajstić information content (AvgIpc) is 2.11. The highest BCUT2D eigenvalue weighted by Crippen LogP contribution is 2.32. The molecule has 1 saturated heterocycles. The van der Waals surface area contributed by atoms with Gasteiger partial charge in [-0.15, -0.1) is 0 Å². The Labute approximate surface area is 94.0 Å². The predicted octanol–water partition coefficient (Wildman–Crippen LogP) is 2.82. The van der Waals surface area contributed by atoms with E-state index < -0.39 is 0 Å². The fourth-order valence-corrected chi connectivity index (χ4v) is 2.72. The maximum absolute atomic E-state index is 5.97. The first-order chi connectivity index (χ1) is 7.04. The van der Waals surface area contributed by atoms with Gasteiger partial charge in [0.05, 0.1) is 11.7 Å². The summed E-state index contributed by atoms with van der Waals surface area (Å²) in [6, 6.07) is 0.831. The molecule has 0 spiro atoms. The van der Waals surface area contributed by atoms with Gasteiger partial charge in [0, 0.05) is 6.04 Å². The van der Waals surface area contributed by atoms with Gasteiger partial charge >= 0.3 is 0 Å². The van der Waals surface area contributed by atoms with E-state index in [0.717, 1.165) is 6.04 Å². The van der Waals surface area contributed by atoms with Crippen LogP contribution in [0.4, 0.5) is 0 Å². The van der Waals surface area contributed by atoms with Crippen LogP contribution >= 0.6 is 0 Å². The van der Waals surface area contributed by atoms with Crippen molar-refractivity contribution in [1.29, 1.82) is 0 Å². The van der Waals surface area contributed by atoms with Crippen molar-refractivity contribution >= 4 is 0 Å². The maximum atomic E-state index is 5.97. The summed E-state index contributed by atoms with van der Waals surface area (Å²) in [5.41, 5.74) is 0.0392. The fourth-order valence-electron chi connectivity index (χ4n) is 2.72. The summed E-state index contributed by atoms with van der Waals surface area (Å²) in [6.45, 7) is 9.11. The summed E-state index contributed by atoms with van der Waals surface area (Å²) < 4.78 is 5.97. The monoisotopic (exact) mass is 211 g/mol. The molecule has 2 heteroatoms. The maximum Gasteiger partial charge on any atom is 0.0612 e. The minimum absolute atomic E-state index is 0.0392. The highest BCUT2D eigenvalue weighted by atomic mass is 16.5. The number of nitrogens with zero attached hydrogens (tertiary/aromatic N) is 1. The Hall–Kier alpha value is -0.0800.